The average molecular weight is 488 g/mol. The van der Waals surface area contributed by atoms with Crippen LogP contribution in [0.2, 0.25) is 5.02 Å². The summed E-state index contributed by atoms with van der Waals surface area (Å²) in [6.45, 7) is 4.32. The second-order valence-corrected chi connectivity index (χ2v) is 8.83. The van der Waals surface area contributed by atoms with Gasteiger partial charge in [0.25, 0.3) is 5.91 Å². The molecule has 7 nitrogen and oxygen atoms in total. The zero-order valence-electron chi connectivity index (χ0n) is 18.6. The second kappa shape index (κ2) is 11.0. The molecule has 2 aromatic carbocycles. The van der Waals surface area contributed by atoms with Gasteiger partial charge in [0, 0.05) is 37.3 Å². The first-order valence-electron chi connectivity index (χ1n) is 10.7. The minimum atomic E-state index is -0.167. The van der Waals surface area contributed by atoms with E-state index >= 15 is 0 Å². The van der Waals surface area contributed by atoms with Crippen molar-refractivity contribution in [3.8, 4) is 11.5 Å². The first-order valence-corrected chi connectivity index (χ1v) is 11.9. The number of thiazole rings is 1. The molecule has 4 rings (SSSR count). The number of hydrogen-bond donors (Lipinski definition) is 0. The van der Waals surface area contributed by atoms with Gasteiger partial charge in [-0.25, -0.2) is 4.98 Å². The summed E-state index contributed by atoms with van der Waals surface area (Å²) < 4.78 is 17.3. The fraction of sp³-hybridized carbons (Fsp3) is 0.333. The molecule has 1 aromatic heterocycles. The summed E-state index contributed by atoms with van der Waals surface area (Å²) in [5.41, 5.74) is 1.46. The lowest BCUT2D eigenvalue weighted by Gasteiger charge is -2.28. The first kappa shape index (κ1) is 23.5. The van der Waals surface area contributed by atoms with E-state index in [1.807, 2.05) is 30.3 Å². The maximum atomic E-state index is 13.3. The molecule has 0 N–H and O–H groups in total. The molecule has 0 saturated carbocycles. The number of halogens is 1. The summed E-state index contributed by atoms with van der Waals surface area (Å²) in [5.74, 6) is 1.17. The van der Waals surface area contributed by atoms with Crippen LogP contribution in [0.5, 0.6) is 11.5 Å². The molecule has 1 amide bonds. The molecule has 1 aliphatic heterocycles. The fourth-order valence-electron chi connectivity index (χ4n) is 3.62. The number of anilines is 1. The summed E-state index contributed by atoms with van der Waals surface area (Å²) >= 11 is 7.67. The summed E-state index contributed by atoms with van der Waals surface area (Å²) in [5, 5.41) is 1.19. The van der Waals surface area contributed by atoms with Crippen molar-refractivity contribution in [2.75, 3.05) is 58.5 Å². The predicted molar refractivity (Wildman–Crippen MR) is 133 cm³/mol. The van der Waals surface area contributed by atoms with Crippen LogP contribution in [0.1, 0.15) is 5.56 Å². The molecule has 174 valence electrons. The van der Waals surface area contributed by atoms with E-state index in [0.717, 1.165) is 29.9 Å². The van der Waals surface area contributed by atoms with Crippen molar-refractivity contribution in [3.05, 3.63) is 53.1 Å². The molecule has 1 fully saturated rings. The zero-order chi connectivity index (χ0) is 23.2. The van der Waals surface area contributed by atoms with Gasteiger partial charge in [0.05, 0.1) is 27.4 Å². The van der Waals surface area contributed by atoms with Crippen LogP contribution in [0.25, 0.3) is 16.3 Å². The van der Waals surface area contributed by atoms with E-state index in [9.17, 15) is 4.79 Å². The number of fused-ring (bicyclic) bond motifs is 1. The Morgan fingerprint density at radius 1 is 1.18 bits per heavy atom. The largest absolute Gasteiger partial charge is 0.495 e. The predicted octanol–water partition coefficient (Wildman–Crippen LogP) is 4.35. The monoisotopic (exact) mass is 487 g/mol. The van der Waals surface area contributed by atoms with E-state index in [-0.39, 0.29) is 5.91 Å². The number of rotatable bonds is 8. The van der Waals surface area contributed by atoms with Crippen LogP contribution in [0.3, 0.4) is 0 Å². The topological polar surface area (TPSA) is 64.1 Å². The van der Waals surface area contributed by atoms with E-state index in [1.165, 1.54) is 11.3 Å². The maximum Gasteiger partial charge on any atom is 0.252 e. The molecular formula is C24H26ClN3O4S. The van der Waals surface area contributed by atoms with Crippen molar-refractivity contribution in [3.63, 3.8) is 0 Å². The molecule has 3 aromatic rings. The number of hydrogen-bond acceptors (Lipinski definition) is 7. The highest BCUT2D eigenvalue weighted by Crippen LogP contribution is 2.40. The van der Waals surface area contributed by atoms with Gasteiger partial charge in [-0.1, -0.05) is 41.1 Å². The molecule has 33 heavy (non-hydrogen) atoms. The quantitative estimate of drug-likeness (QED) is 0.440. The third-order valence-corrected chi connectivity index (χ3v) is 6.89. The van der Waals surface area contributed by atoms with Gasteiger partial charge in [-0.05, 0) is 29.8 Å². The van der Waals surface area contributed by atoms with Gasteiger partial charge in [-0.15, -0.1) is 0 Å². The second-order valence-electron chi connectivity index (χ2n) is 7.44. The summed E-state index contributed by atoms with van der Waals surface area (Å²) in [7, 11) is 3.22. The molecule has 0 spiro atoms. The Balaban J connectivity index is 1.66. The minimum absolute atomic E-state index is 0.167. The maximum absolute atomic E-state index is 13.3. The summed E-state index contributed by atoms with van der Waals surface area (Å²) in [6, 6.07) is 11.1. The van der Waals surface area contributed by atoms with Gasteiger partial charge in [-0.2, -0.15) is 0 Å². The molecule has 0 bridgehead atoms. The van der Waals surface area contributed by atoms with Crippen molar-refractivity contribution in [2.45, 2.75) is 0 Å². The molecular weight excluding hydrogens is 462 g/mol. The molecule has 1 saturated heterocycles. The lowest BCUT2D eigenvalue weighted by molar-refractivity contribution is -0.114. The Morgan fingerprint density at radius 2 is 1.91 bits per heavy atom. The van der Waals surface area contributed by atoms with Gasteiger partial charge in [0.15, 0.2) is 5.13 Å². The number of methoxy groups -OCH3 is 2. The fourth-order valence-corrected chi connectivity index (χ4v) is 4.92. The van der Waals surface area contributed by atoms with Crippen LogP contribution < -0.4 is 14.4 Å². The lowest BCUT2D eigenvalue weighted by Crippen LogP contribution is -2.42. The van der Waals surface area contributed by atoms with Gasteiger partial charge in [0.2, 0.25) is 0 Å². The van der Waals surface area contributed by atoms with Gasteiger partial charge in [0.1, 0.15) is 21.7 Å². The van der Waals surface area contributed by atoms with Crippen LogP contribution in [0.15, 0.2) is 42.5 Å². The van der Waals surface area contributed by atoms with E-state index in [2.05, 4.69) is 4.90 Å². The zero-order valence-corrected chi connectivity index (χ0v) is 20.2. The van der Waals surface area contributed by atoms with Crippen LogP contribution in [0, 0.1) is 0 Å². The Morgan fingerprint density at radius 3 is 2.64 bits per heavy atom. The van der Waals surface area contributed by atoms with Crippen LogP contribution in [-0.2, 0) is 9.53 Å². The first-order chi connectivity index (χ1) is 16.1. The number of benzene rings is 2. The number of ether oxygens (including phenoxy) is 3. The number of amides is 1. The average Bonchev–Trinajstić information content (AvgIpc) is 3.29. The number of carbonyl (C=O) groups is 1. The molecule has 2 heterocycles. The molecule has 1 aliphatic rings. The van der Waals surface area contributed by atoms with Crippen LogP contribution in [-0.4, -0.2) is 69.4 Å². The van der Waals surface area contributed by atoms with Crippen molar-refractivity contribution >= 4 is 50.3 Å². The summed E-state index contributed by atoms with van der Waals surface area (Å²) in [6.07, 6.45) is 3.28. The van der Waals surface area contributed by atoms with E-state index in [4.69, 9.17) is 30.8 Å². The molecule has 9 heteroatoms. The van der Waals surface area contributed by atoms with Crippen LogP contribution >= 0.6 is 22.9 Å². The van der Waals surface area contributed by atoms with E-state index in [1.54, 1.807) is 37.3 Å². The number of carbonyl (C=O) groups excluding carboxylic acids is 1. The Kier molecular flexibility index (Phi) is 7.82. The van der Waals surface area contributed by atoms with Gasteiger partial charge in [-0.3, -0.25) is 14.6 Å². The molecule has 0 radical (unpaired) electrons. The van der Waals surface area contributed by atoms with Crippen molar-refractivity contribution in [1.82, 2.24) is 9.88 Å². The van der Waals surface area contributed by atoms with Crippen molar-refractivity contribution < 1.29 is 19.0 Å². The Labute approximate surface area is 202 Å². The van der Waals surface area contributed by atoms with E-state index in [0.29, 0.717) is 46.9 Å². The highest BCUT2D eigenvalue weighted by molar-refractivity contribution is 7.22. The highest BCUT2D eigenvalue weighted by atomic mass is 35.5. The standard InChI is InChI=1S/C24H26ClN3O4S/c1-30-19-8-9-20(31-2)23-22(19)26-24(33-23)28(12-11-27-13-15-32-16-14-27)21(29)10-7-17-5-3-4-6-18(17)25/h3-10H,11-16H2,1-2H3/b10-7+. The SMILES string of the molecule is COc1ccc(OC)c2sc(N(CCN3CCOCC3)C(=O)/C=C/c3ccccc3Cl)nc12. The van der Waals surface area contributed by atoms with Crippen LogP contribution in [0.4, 0.5) is 5.13 Å². The third kappa shape index (κ3) is 5.47. The molecule has 0 unspecified atom stereocenters. The Bertz CT molecular complexity index is 1100. The number of morpholine rings is 1. The smallest absolute Gasteiger partial charge is 0.252 e. The Hall–Kier alpha value is -2.65. The molecule has 0 atom stereocenters. The highest BCUT2D eigenvalue weighted by Gasteiger charge is 2.22. The summed E-state index contributed by atoms with van der Waals surface area (Å²) in [4.78, 5) is 22.1. The lowest BCUT2D eigenvalue weighted by atomic mass is 10.2. The van der Waals surface area contributed by atoms with Gasteiger partial charge >= 0.3 is 0 Å². The van der Waals surface area contributed by atoms with Crippen molar-refractivity contribution in [1.29, 1.82) is 0 Å². The van der Waals surface area contributed by atoms with E-state index < -0.39 is 0 Å². The number of nitrogens with zero attached hydrogens (tertiary/aromatic N) is 3. The normalized spacial score (nSPS) is 14.6. The van der Waals surface area contributed by atoms with Crippen molar-refractivity contribution in [2.24, 2.45) is 0 Å². The minimum Gasteiger partial charge on any atom is -0.495 e. The number of aromatic nitrogens is 1. The molecule has 0 aliphatic carbocycles. The van der Waals surface area contributed by atoms with Gasteiger partial charge < -0.3 is 14.2 Å². The third-order valence-electron chi connectivity index (χ3n) is 5.45.